The normalized spacial score (nSPS) is 17.0. The third-order valence-corrected chi connectivity index (χ3v) is 7.95. The zero-order valence-electron chi connectivity index (χ0n) is 22.4. The van der Waals surface area contributed by atoms with Gasteiger partial charge in [0.1, 0.15) is 17.5 Å². The van der Waals surface area contributed by atoms with Crippen LogP contribution < -0.4 is 19.7 Å². The monoisotopic (exact) mass is 583 g/mol. The van der Waals surface area contributed by atoms with Gasteiger partial charge in [0.2, 0.25) is 5.91 Å². The second-order valence-electron chi connectivity index (χ2n) is 9.79. The quantitative estimate of drug-likeness (QED) is 0.403. The molecule has 210 valence electrons. The van der Waals surface area contributed by atoms with E-state index in [1.165, 1.54) is 4.90 Å². The van der Waals surface area contributed by atoms with Gasteiger partial charge in [-0.25, -0.2) is 0 Å². The molecule has 2 unspecified atom stereocenters. The van der Waals surface area contributed by atoms with Gasteiger partial charge in [-0.3, -0.25) is 19.4 Å². The van der Waals surface area contributed by atoms with Gasteiger partial charge in [0.25, 0.3) is 5.91 Å². The molecule has 0 radical (unpaired) electrons. The van der Waals surface area contributed by atoms with Gasteiger partial charge in [-0.15, -0.1) is 0 Å². The van der Waals surface area contributed by atoms with E-state index in [1.807, 2.05) is 48.5 Å². The van der Waals surface area contributed by atoms with E-state index in [1.54, 1.807) is 26.2 Å². The largest absolute Gasteiger partial charge is 0.497 e. The number of carbonyl (C=O) groups is 2. The van der Waals surface area contributed by atoms with Crippen LogP contribution in [0.4, 0.5) is 5.69 Å². The molecule has 2 atom stereocenters. The van der Waals surface area contributed by atoms with E-state index < -0.39 is 6.04 Å². The summed E-state index contributed by atoms with van der Waals surface area (Å²) in [7, 11) is 1.65. The second-order valence-corrected chi connectivity index (χ2v) is 10.6. The maximum atomic E-state index is 13.7. The number of morpholine rings is 1. The van der Waals surface area contributed by atoms with Crippen molar-refractivity contribution >= 4 is 40.7 Å². The van der Waals surface area contributed by atoms with Crippen molar-refractivity contribution in [2.24, 2.45) is 0 Å². The Labute approximate surface area is 243 Å². The molecular formula is C30H31Cl2N3O5. The zero-order valence-corrected chi connectivity index (χ0v) is 23.9. The van der Waals surface area contributed by atoms with Crippen LogP contribution in [0, 0.1) is 0 Å². The molecule has 2 amide bonds. The Morgan fingerprint density at radius 2 is 1.75 bits per heavy atom. The highest BCUT2D eigenvalue weighted by Crippen LogP contribution is 2.39. The summed E-state index contributed by atoms with van der Waals surface area (Å²) in [4.78, 5) is 30.3. The van der Waals surface area contributed by atoms with Crippen LogP contribution in [0.1, 0.15) is 18.5 Å². The summed E-state index contributed by atoms with van der Waals surface area (Å²) in [6.45, 7) is 4.96. The van der Waals surface area contributed by atoms with Gasteiger partial charge in [0.05, 0.1) is 42.1 Å². The smallest absolute Gasteiger partial charge is 0.265 e. The molecule has 5 rings (SSSR count). The molecule has 0 bridgehead atoms. The van der Waals surface area contributed by atoms with Gasteiger partial charge in [-0.2, -0.15) is 0 Å². The fraction of sp³-hybridized carbons (Fsp3) is 0.333. The molecule has 1 fully saturated rings. The lowest BCUT2D eigenvalue weighted by molar-refractivity contribution is -0.128. The summed E-state index contributed by atoms with van der Waals surface area (Å²) in [5, 5.41) is 3.79. The number of methoxy groups -OCH3 is 1. The number of fused-ring (bicyclic) bond motifs is 1. The topological polar surface area (TPSA) is 80.3 Å². The van der Waals surface area contributed by atoms with Crippen LogP contribution >= 0.6 is 23.2 Å². The third kappa shape index (κ3) is 6.20. The average molecular weight is 585 g/mol. The maximum Gasteiger partial charge on any atom is 0.265 e. The number of hydrogen-bond donors (Lipinski definition) is 1. The number of anilines is 1. The lowest BCUT2D eigenvalue weighted by Gasteiger charge is -2.35. The Kier molecular flexibility index (Phi) is 8.81. The van der Waals surface area contributed by atoms with Crippen molar-refractivity contribution in [1.82, 2.24) is 10.2 Å². The van der Waals surface area contributed by atoms with Crippen LogP contribution in [-0.2, 0) is 14.3 Å². The van der Waals surface area contributed by atoms with Crippen LogP contribution in [0.15, 0.2) is 60.7 Å². The van der Waals surface area contributed by atoms with Gasteiger partial charge < -0.3 is 19.5 Å². The molecule has 1 N–H and O–H groups in total. The van der Waals surface area contributed by atoms with Gasteiger partial charge in [-0.05, 0) is 41.8 Å². The molecule has 0 spiro atoms. The number of hydrogen-bond acceptors (Lipinski definition) is 6. The molecule has 0 saturated carbocycles. The fourth-order valence-corrected chi connectivity index (χ4v) is 5.30. The van der Waals surface area contributed by atoms with Crippen LogP contribution in [0.25, 0.3) is 11.1 Å². The molecular weight excluding hydrogens is 553 g/mol. The van der Waals surface area contributed by atoms with Gasteiger partial charge in [0.15, 0.2) is 6.61 Å². The molecule has 40 heavy (non-hydrogen) atoms. The number of rotatable bonds is 8. The minimum atomic E-state index is -0.810. The van der Waals surface area contributed by atoms with E-state index in [0.717, 1.165) is 35.5 Å². The summed E-state index contributed by atoms with van der Waals surface area (Å²) in [5.41, 5.74) is 3.46. The van der Waals surface area contributed by atoms with E-state index in [-0.39, 0.29) is 29.5 Å². The molecule has 3 aromatic carbocycles. The van der Waals surface area contributed by atoms with E-state index in [9.17, 15) is 9.59 Å². The van der Waals surface area contributed by atoms with Crippen LogP contribution in [-0.4, -0.2) is 69.3 Å². The Morgan fingerprint density at radius 3 is 2.48 bits per heavy atom. The first-order valence-corrected chi connectivity index (χ1v) is 13.9. The molecule has 10 heteroatoms. The first kappa shape index (κ1) is 28.2. The van der Waals surface area contributed by atoms with Gasteiger partial charge in [-0.1, -0.05) is 59.6 Å². The summed E-state index contributed by atoms with van der Waals surface area (Å²) in [6.07, 6.45) is 0. The number of amides is 2. The molecule has 3 aromatic rings. The first-order chi connectivity index (χ1) is 19.3. The van der Waals surface area contributed by atoms with Gasteiger partial charge in [0, 0.05) is 25.7 Å². The second kappa shape index (κ2) is 12.5. The summed E-state index contributed by atoms with van der Waals surface area (Å²) in [6, 6.07) is 18.0. The lowest BCUT2D eigenvalue weighted by Crippen LogP contribution is -2.53. The third-order valence-electron chi connectivity index (χ3n) is 7.23. The fourth-order valence-electron chi connectivity index (χ4n) is 4.99. The van der Waals surface area contributed by atoms with E-state index in [2.05, 4.69) is 10.2 Å². The van der Waals surface area contributed by atoms with Gasteiger partial charge >= 0.3 is 0 Å². The van der Waals surface area contributed by atoms with Crippen LogP contribution in [0.2, 0.25) is 10.0 Å². The first-order valence-electron chi connectivity index (χ1n) is 13.1. The van der Waals surface area contributed by atoms with Crippen molar-refractivity contribution in [2.45, 2.75) is 19.0 Å². The highest BCUT2D eigenvalue weighted by Gasteiger charge is 2.35. The molecule has 0 aromatic heterocycles. The Hall–Kier alpha value is -3.30. The standard InChI is InChI=1S/C30H31Cl2N3O5/c1-19(35-27-15-24(31)25(32)16-28(27)40-18-29(35)36)30(37)33-26(17-34-10-12-39-13-11-34)21-8-6-20(7-9-21)22-4-3-5-23(14-22)38-2/h3-9,14-16,19,26H,10-13,17-18H2,1-2H3,(H,33,37). The summed E-state index contributed by atoms with van der Waals surface area (Å²) in [5.74, 6) is 0.575. The molecule has 2 aliphatic rings. The molecule has 2 aliphatic heterocycles. The number of carbonyl (C=O) groups excluding carboxylic acids is 2. The van der Waals surface area contributed by atoms with Crippen molar-refractivity contribution in [2.75, 3.05) is 51.5 Å². The molecule has 2 heterocycles. The molecule has 8 nitrogen and oxygen atoms in total. The average Bonchev–Trinajstić information content (AvgIpc) is 2.98. The summed E-state index contributed by atoms with van der Waals surface area (Å²) >= 11 is 12.4. The van der Waals surface area contributed by atoms with Crippen molar-refractivity contribution in [3.05, 3.63) is 76.3 Å². The summed E-state index contributed by atoms with van der Waals surface area (Å²) < 4.78 is 16.4. The minimum absolute atomic E-state index is 0.189. The zero-order chi connectivity index (χ0) is 28.2. The van der Waals surface area contributed by atoms with Crippen molar-refractivity contribution in [3.63, 3.8) is 0 Å². The predicted molar refractivity (Wildman–Crippen MR) is 155 cm³/mol. The molecule has 0 aliphatic carbocycles. The lowest BCUT2D eigenvalue weighted by atomic mass is 9.99. The number of nitrogens with one attached hydrogen (secondary N) is 1. The van der Waals surface area contributed by atoms with Crippen molar-refractivity contribution in [3.8, 4) is 22.6 Å². The molecule has 1 saturated heterocycles. The van der Waals surface area contributed by atoms with Crippen LogP contribution in [0.5, 0.6) is 11.5 Å². The van der Waals surface area contributed by atoms with E-state index in [0.29, 0.717) is 36.2 Å². The number of halogens is 2. The SMILES string of the molecule is COc1cccc(-c2ccc(C(CN3CCOCC3)NC(=O)C(C)N3C(=O)COc4cc(Cl)c(Cl)cc43)cc2)c1. The predicted octanol–water partition coefficient (Wildman–Crippen LogP) is 4.97. The Balaban J connectivity index is 1.39. The highest BCUT2D eigenvalue weighted by molar-refractivity contribution is 6.42. The number of ether oxygens (including phenoxy) is 3. The van der Waals surface area contributed by atoms with E-state index in [4.69, 9.17) is 37.4 Å². The number of benzene rings is 3. The maximum absolute atomic E-state index is 13.7. The van der Waals surface area contributed by atoms with Crippen molar-refractivity contribution in [1.29, 1.82) is 0 Å². The number of nitrogens with zero attached hydrogens (tertiary/aromatic N) is 2. The van der Waals surface area contributed by atoms with E-state index >= 15 is 0 Å². The highest BCUT2D eigenvalue weighted by atomic mass is 35.5. The van der Waals surface area contributed by atoms with Crippen molar-refractivity contribution < 1.29 is 23.8 Å². The Bertz CT molecular complexity index is 1380. The minimum Gasteiger partial charge on any atom is -0.497 e. The van der Waals surface area contributed by atoms with Crippen LogP contribution in [0.3, 0.4) is 0 Å². The Morgan fingerprint density at radius 1 is 1.02 bits per heavy atom.